The molecule has 0 bridgehead atoms. The lowest BCUT2D eigenvalue weighted by molar-refractivity contribution is -0.117. The zero-order chi connectivity index (χ0) is 19.6. The number of carbonyl (C=O) groups excluding carboxylic acids is 2. The van der Waals surface area contributed by atoms with Crippen LogP contribution in [0.15, 0.2) is 24.3 Å². The van der Waals surface area contributed by atoms with Crippen molar-refractivity contribution in [2.45, 2.75) is 52.5 Å². The number of amides is 3. The number of nitrogens with zero attached hydrogens (tertiary/aromatic N) is 2. The quantitative estimate of drug-likeness (QED) is 0.619. The number of hydrogen-bond acceptors (Lipinski definition) is 3. The van der Waals surface area contributed by atoms with E-state index in [4.69, 9.17) is 0 Å². The molecule has 0 aromatic heterocycles. The van der Waals surface area contributed by atoms with E-state index in [1.165, 1.54) is 0 Å². The molecule has 6 heteroatoms. The largest absolute Gasteiger partial charge is 0.338 e. The van der Waals surface area contributed by atoms with Gasteiger partial charge >= 0.3 is 6.03 Å². The third-order valence-electron chi connectivity index (χ3n) is 4.82. The summed E-state index contributed by atoms with van der Waals surface area (Å²) in [6.07, 6.45) is 3.59. The predicted octanol–water partition coefficient (Wildman–Crippen LogP) is 2.91. The molecule has 0 spiro atoms. The summed E-state index contributed by atoms with van der Waals surface area (Å²) in [5.74, 6) is 0.0546. The third-order valence-corrected chi connectivity index (χ3v) is 4.82. The molecule has 1 aromatic rings. The van der Waals surface area contributed by atoms with Crippen molar-refractivity contribution in [1.82, 2.24) is 15.5 Å². The summed E-state index contributed by atoms with van der Waals surface area (Å²) in [6, 6.07) is 7.57. The molecule has 1 aliphatic heterocycles. The first-order chi connectivity index (χ1) is 13.0. The average Bonchev–Trinajstić information content (AvgIpc) is 2.99. The molecule has 0 saturated carbocycles. The molecule has 0 unspecified atom stereocenters. The van der Waals surface area contributed by atoms with Crippen LogP contribution in [-0.4, -0.2) is 55.6 Å². The lowest BCUT2D eigenvalue weighted by Gasteiger charge is -2.21. The van der Waals surface area contributed by atoms with Crippen LogP contribution in [0.4, 0.5) is 10.5 Å². The molecule has 2 rings (SSSR count). The Morgan fingerprint density at radius 2 is 1.81 bits per heavy atom. The number of anilines is 1. The smallest absolute Gasteiger partial charge is 0.315 e. The first-order valence-electron chi connectivity index (χ1n) is 10.2. The van der Waals surface area contributed by atoms with Gasteiger partial charge in [0.2, 0.25) is 5.91 Å². The fraction of sp³-hybridized carbons (Fsp3) is 0.619. The van der Waals surface area contributed by atoms with Crippen LogP contribution >= 0.6 is 0 Å². The highest BCUT2D eigenvalue weighted by Crippen LogP contribution is 2.21. The molecule has 1 heterocycles. The van der Waals surface area contributed by atoms with Crippen LogP contribution in [0.1, 0.15) is 45.1 Å². The maximum atomic E-state index is 12.3. The van der Waals surface area contributed by atoms with Gasteiger partial charge in [0.1, 0.15) is 0 Å². The van der Waals surface area contributed by atoms with Gasteiger partial charge in [0, 0.05) is 25.2 Å². The topological polar surface area (TPSA) is 64.7 Å². The monoisotopic (exact) mass is 374 g/mol. The van der Waals surface area contributed by atoms with Crippen LogP contribution in [0.2, 0.25) is 0 Å². The molecule has 1 saturated heterocycles. The van der Waals surface area contributed by atoms with Crippen LogP contribution in [-0.2, 0) is 4.79 Å². The first kappa shape index (κ1) is 21.2. The van der Waals surface area contributed by atoms with Gasteiger partial charge in [0.25, 0.3) is 0 Å². The maximum Gasteiger partial charge on any atom is 0.315 e. The molecular formula is C21H34N4O2. The van der Waals surface area contributed by atoms with Crippen molar-refractivity contribution in [1.29, 1.82) is 0 Å². The molecule has 0 radical (unpaired) electrons. The van der Waals surface area contributed by atoms with Gasteiger partial charge in [0.05, 0.1) is 6.04 Å². The highest BCUT2D eigenvalue weighted by Gasteiger charge is 2.31. The van der Waals surface area contributed by atoms with Crippen molar-refractivity contribution in [3.8, 4) is 0 Å². The fourth-order valence-electron chi connectivity index (χ4n) is 3.49. The van der Waals surface area contributed by atoms with E-state index in [1.807, 2.05) is 31.2 Å². The molecule has 2 N–H and O–H groups in total. The van der Waals surface area contributed by atoms with E-state index in [2.05, 4.69) is 29.4 Å². The number of aryl methyl sites for hydroxylation is 1. The fourth-order valence-corrected chi connectivity index (χ4v) is 3.49. The van der Waals surface area contributed by atoms with Gasteiger partial charge in [-0.3, -0.25) is 4.79 Å². The first-order valence-corrected chi connectivity index (χ1v) is 10.2. The summed E-state index contributed by atoms with van der Waals surface area (Å²) >= 11 is 0. The molecule has 1 fully saturated rings. The van der Waals surface area contributed by atoms with Crippen molar-refractivity contribution in [2.24, 2.45) is 0 Å². The van der Waals surface area contributed by atoms with Crippen molar-refractivity contribution >= 4 is 17.6 Å². The van der Waals surface area contributed by atoms with E-state index in [-0.39, 0.29) is 18.0 Å². The molecule has 0 aliphatic carbocycles. The Morgan fingerprint density at radius 1 is 1.15 bits per heavy atom. The Balaban J connectivity index is 1.70. The van der Waals surface area contributed by atoms with Gasteiger partial charge in [-0.1, -0.05) is 31.5 Å². The van der Waals surface area contributed by atoms with Gasteiger partial charge < -0.3 is 20.4 Å². The molecule has 150 valence electrons. The van der Waals surface area contributed by atoms with Crippen LogP contribution in [0.25, 0.3) is 0 Å². The van der Waals surface area contributed by atoms with Crippen molar-refractivity contribution < 1.29 is 9.59 Å². The van der Waals surface area contributed by atoms with E-state index in [9.17, 15) is 9.59 Å². The second-order valence-corrected chi connectivity index (χ2v) is 7.34. The van der Waals surface area contributed by atoms with Crippen LogP contribution < -0.4 is 15.5 Å². The minimum Gasteiger partial charge on any atom is -0.338 e. The van der Waals surface area contributed by atoms with E-state index in [1.54, 1.807) is 4.90 Å². The summed E-state index contributed by atoms with van der Waals surface area (Å²) in [6.45, 7) is 10.8. The standard InChI is InChI=1S/C21H34N4O2/c1-4-12-24(13-5-2)14-6-11-22-21(27)23-18-15-20(26)25(16-18)19-9-7-17(3)8-10-19/h7-10,18H,4-6,11-16H2,1-3H3,(H2,22,23,27)/t18-/m0/s1. The SMILES string of the molecule is CCCN(CCC)CCCNC(=O)N[C@H]1CC(=O)N(c2ccc(C)cc2)C1. The van der Waals surface area contributed by atoms with E-state index < -0.39 is 0 Å². The second kappa shape index (κ2) is 10.9. The zero-order valence-electron chi connectivity index (χ0n) is 17.0. The molecule has 3 amide bonds. The number of nitrogens with one attached hydrogen (secondary N) is 2. The number of urea groups is 1. The van der Waals surface area contributed by atoms with Gasteiger partial charge in [0.15, 0.2) is 0 Å². The molecule has 1 aromatic carbocycles. The normalized spacial score (nSPS) is 16.8. The Labute approximate surface area is 163 Å². The van der Waals surface area contributed by atoms with Crippen LogP contribution in [0, 0.1) is 6.92 Å². The van der Waals surface area contributed by atoms with E-state index in [0.717, 1.165) is 50.1 Å². The van der Waals surface area contributed by atoms with Crippen LogP contribution in [0.5, 0.6) is 0 Å². The third kappa shape index (κ3) is 6.86. The van der Waals surface area contributed by atoms with Crippen molar-refractivity contribution in [3.63, 3.8) is 0 Å². The Hall–Kier alpha value is -2.08. The summed E-state index contributed by atoms with van der Waals surface area (Å²) in [7, 11) is 0. The number of carbonyl (C=O) groups is 2. The highest BCUT2D eigenvalue weighted by atomic mass is 16.2. The van der Waals surface area contributed by atoms with E-state index >= 15 is 0 Å². The second-order valence-electron chi connectivity index (χ2n) is 7.34. The molecule has 27 heavy (non-hydrogen) atoms. The van der Waals surface area contributed by atoms with Gasteiger partial charge in [-0.25, -0.2) is 4.79 Å². The van der Waals surface area contributed by atoms with E-state index in [0.29, 0.717) is 19.5 Å². The summed E-state index contributed by atoms with van der Waals surface area (Å²) in [5.41, 5.74) is 2.05. The molecule has 1 aliphatic rings. The number of rotatable bonds is 10. The van der Waals surface area contributed by atoms with Crippen molar-refractivity contribution in [3.05, 3.63) is 29.8 Å². The van der Waals surface area contributed by atoms with Crippen molar-refractivity contribution in [2.75, 3.05) is 37.6 Å². The summed E-state index contributed by atoms with van der Waals surface area (Å²) in [4.78, 5) is 28.6. The summed E-state index contributed by atoms with van der Waals surface area (Å²) in [5, 5.41) is 5.85. The van der Waals surface area contributed by atoms with Gasteiger partial charge in [-0.15, -0.1) is 0 Å². The summed E-state index contributed by atoms with van der Waals surface area (Å²) < 4.78 is 0. The lowest BCUT2D eigenvalue weighted by atomic mass is 10.2. The maximum absolute atomic E-state index is 12.3. The van der Waals surface area contributed by atoms with Gasteiger partial charge in [-0.2, -0.15) is 0 Å². The zero-order valence-corrected chi connectivity index (χ0v) is 17.0. The molecular weight excluding hydrogens is 340 g/mol. The lowest BCUT2D eigenvalue weighted by Crippen LogP contribution is -2.44. The minimum absolute atomic E-state index is 0.0546. The Morgan fingerprint density at radius 3 is 2.44 bits per heavy atom. The number of benzene rings is 1. The van der Waals surface area contributed by atoms with Crippen LogP contribution in [0.3, 0.4) is 0 Å². The molecule has 1 atom stereocenters. The average molecular weight is 375 g/mol. The number of hydrogen-bond donors (Lipinski definition) is 2. The Kier molecular flexibility index (Phi) is 8.58. The molecule has 6 nitrogen and oxygen atoms in total. The highest BCUT2D eigenvalue weighted by molar-refractivity contribution is 5.96. The Bertz CT molecular complexity index is 597. The minimum atomic E-state index is -0.184. The van der Waals surface area contributed by atoms with Gasteiger partial charge in [-0.05, 0) is 58.0 Å². The predicted molar refractivity (Wildman–Crippen MR) is 110 cm³/mol.